The summed E-state index contributed by atoms with van der Waals surface area (Å²) in [4.78, 5) is 26.5. The van der Waals surface area contributed by atoms with Gasteiger partial charge in [-0.1, -0.05) is 30.3 Å². The molecule has 126 valence electrons. The molecule has 0 spiro atoms. The van der Waals surface area contributed by atoms with E-state index in [9.17, 15) is 14.7 Å². The van der Waals surface area contributed by atoms with E-state index in [1.165, 1.54) is 0 Å². The summed E-state index contributed by atoms with van der Waals surface area (Å²) in [5.41, 5.74) is 4.83. The second kappa shape index (κ2) is 6.97. The lowest BCUT2D eigenvalue weighted by Crippen LogP contribution is -2.61. The number of nitrogens with zero attached hydrogens (tertiary/aromatic N) is 2. The summed E-state index contributed by atoms with van der Waals surface area (Å²) in [5.74, 6) is -0.203. The highest BCUT2D eigenvalue weighted by Crippen LogP contribution is 2.35. The van der Waals surface area contributed by atoms with Crippen LogP contribution in [0.4, 0.5) is 4.79 Å². The van der Waals surface area contributed by atoms with Gasteiger partial charge >= 0.3 is 6.03 Å². The second-order valence-electron chi connectivity index (χ2n) is 6.08. The number of carbonyl (C=O) groups excluding carboxylic acids is 2. The van der Waals surface area contributed by atoms with Gasteiger partial charge in [-0.25, -0.2) is 4.79 Å². The average Bonchev–Trinajstić information content (AvgIpc) is 2.53. The summed E-state index contributed by atoms with van der Waals surface area (Å²) in [5, 5.41) is 13.5. The van der Waals surface area contributed by atoms with Crippen LogP contribution in [0.15, 0.2) is 30.3 Å². The first-order valence-corrected chi connectivity index (χ1v) is 7.60. The number of hydrogen-bond acceptors (Lipinski definition) is 4. The molecule has 7 nitrogen and oxygen atoms in total. The Bertz CT molecular complexity index is 564. The number of carbonyl (C=O) groups is 2. The number of primary amides is 1. The van der Waals surface area contributed by atoms with Gasteiger partial charge in [0.2, 0.25) is 5.91 Å². The van der Waals surface area contributed by atoms with E-state index in [4.69, 9.17) is 5.73 Å². The smallest absolute Gasteiger partial charge is 0.312 e. The number of nitrogens with two attached hydrogens (primary N) is 1. The van der Waals surface area contributed by atoms with Crippen molar-refractivity contribution in [1.82, 2.24) is 15.1 Å². The Labute approximate surface area is 136 Å². The molecule has 0 unspecified atom stereocenters. The number of hydrogen-bond donors (Lipinski definition) is 3. The van der Waals surface area contributed by atoms with E-state index in [0.29, 0.717) is 19.5 Å². The highest BCUT2D eigenvalue weighted by molar-refractivity contribution is 5.83. The van der Waals surface area contributed by atoms with Crippen LogP contribution < -0.4 is 11.1 Å². The molecule has 0 radical (unpaired) electrons. The summed E-state index contributed by atoms with van der Waals surface area (Å²) in [7, 11) is 3.77. The predicted octanol–water partition coefficient (Wildman–Crippen LogP) is -0.295. The largest absolute Gasteiger partial charge is 0.383 e. The quantitative estimate of drug-likeness (QED) is 0.709. The van der Waals surface area contributed by atoms with Gasteiger partial charge in [0.25, 0.3) is 0 Å². The van der Waals surface area contributed by atoms with E-state index in [-0.39, 0.29) is 18.5 Å². The van der Waals surface area contributed by atoms with Crippen molar-refractivity contribution < 1.29 is 14.7 Å². The molecule has 2 atom stereocenters. The molecule has 1 aliphatic rings. The van der Waals surface area contributed by atoms with Gasteiger partial charge in [0, 0.05) is 13.1 Å². The van der Waals surface area contributed by atoms with E-state index in [1.807, 2.05) is 49.3 Å². The third-order valence-electron chi connectivity index (χ3n) is 4.37. The van der Waals surface area contributed by atoms with Crippen molar-refractivity contribution in [1.29, 1.82) is 0 Å². The molecule has 23 heavy (non-hydrogen) atoms. The Kier molecular flexibility index (Phi) is 5.23. The van der Waals surface area contributed by atoms with E-state index < -0.39 is 11.6 Å². The monoisotopic (exact) mass is 320 g/mol. The summed E-state index contributed by atoms with van der Waals surface area (Å²) in [6.07, 6.45) is 0.433. The fourth-order valence-corrected chi connectivity index (χ4v) is 3.08. The van der Waals surface area contributed by atoms with Crippen LogP contribution in [0.25, 0.3) is 0 Å². The maximum atomic E-state index is 12.2. The van der Waals surface area contributed by atoms with E-state index >= 15 is 0 Å². The molecule has 7 heteroatoms. The van der Waals surface area contributed by atoms with Crippen molar-refractivity contribution in [3.05, 3.63) is 35.9 Å². The maximum absolute atomic E-state index is 12.2. The molecule has 2 rings (SSSR count). The maximum Gasteiger partial charge on any atom is 0.312 e. The lowest BCUT2D eigenvalue weighted by Gasteiger charge is -2.47. The van der Waals surface area contributed by atoms with Crippen LogP contribution >= 0.6 is 0 Å². The van der Waals surface area contributed by atoms with Gasteiger partial charge in [-0.3, -0.25) is 4.79 Å². The molecule has 1 heterocycles. The molecule has 1 fully saturated rings. The number of rotatable bonds is 4. The molecule has 1 aliphatic heterocycles. The highest BCUT2D eigenvalue weighted by Gasteiger charge is 2.44. The zero-order chi connectivity index (χ0) is 17.0. The van der Waals surface area contributed by atoms with Crippen molar-refractivity contribution in [3.8, 4) is 0 Å². The molecule has 1 saturated heterocycles. The molecule has 4 N–H and O–H groups in total. The fraction of sp³-hybridized carbons (Fsp3) is 0.500. The molecule has 0 bridgehead atoms. The molecule has 0 saturated carbocycles. The SMILES string of the molecule is CN(C)[C@@H]1CN(C(=O)CNC(N)=O)CC[C@]1(O)c1ccccc1. The summed E-state index contributed by atoms with van der Waals surface area (Å²) in [6.45, 7) is 0.686. The first-order valence-electron chi connectivity index (χ1n) is 7.60. The molecule has 1 aromatic carbocycles. The number of benzene rings is 1. The van der Waals surface area contributed by atoms with Crippen molar-refractivity contribution in [2.45, 2.75) is 18.1 Å². The summed E-state index contributed by atoms with van der Waals surface area (Å²) in [6, 6.07) is 8.55. The number of piperidine rings is 1. The highest BCUT2D eigenvalue weighted by atomic mass is 16.3. The summed E-state index contributed by atoms with van der Waals surface area (Å²) < 4.78 is 0. The molecule has 0 aliphatic carbocycles. The van der Waals surface area contributed by atoms with Crippen LogP contribution in [0.3, 0.4) is 0 Å². The third-order valence-corrected chi connectivity index (χ3v) is 4.37. The first kappa shape index (κ1) is 17.2. The number of likely N-dealkylation sites (tertiary alicyclic amines) is 1. The number of nitrogens with one attached hydrogen (secondary N) is 1. The van der Waals surface area contributed by atoms with Crippen LogP contribution in [0.5, 0.6) is 0 Å². The minimum atomic E-state index is -1.02. The molecule has 0 aromatic heterocycles. The third kappa shape index (κ3) is 3.80. The van der Waals surface area contributed by atoms with Crippen LogP contribution in [-0.4, -0.2) is 66.6 Å². The van der Waals surface area contributed by atoms with Crippen molar-refractivity contribution in [2.75, 3.05) is 33.7 Å². The van der Waals surface area contributed by atoms with Gasteiger partial charge in [-0.15, -0.1) is 0 Å². The zero-order valence-corrected chi connectivity index (χ0v) is 13.5. The topological polar surface area (TPSA) is 98.9 Å². The number of amides is 3. The molecular weight excluding hydrogens is 296 g/mol. The van der Waals surface area contributed by atoms with Gasteiger partial charge in [0.05, 0.1) is 12.6 Å². The average molecular weight is 320 g/mol. The van der Waals surface area contributed by atoms with Gasteiger partial charge in [-0.2, -0.15) is 0 Å². The Morgan fingerprint density at radius 1 is 1.39 bits per heavy atom. The van der Waals surface area contributed by atoms with E-state index in [2.05, 4.69) is 5.32 Å². The first-order chi connectivity index (χ1) is 10.8. The minimum absolute atomic E-state index is 0.126. The Balaban J connectivity index is 2.15. The standard InChI is InChI=1S/C16H24N4O3/c1-19(2)13-11-20(14(21)10-18-15(17)22)9-8-16(13,23)12-6-4-3-5-7-12/h3-7,13,23H,8-11H2,1-2H3,(H3,17,18,22)/t13-,16+/m1/s1. The fourth-order valence-electron chi connectivity index (χ4n) is 3.08. The van der Waals surface area contributed by atoms with Crippen molar-refractivity contribution in [3.63, 3.8) is 0 Å². The molecule has 1 aromatic rings. The van der Waals surface area contributed by atoms with Crippen LogP contribution in [0, 0.1) is 0 Å². The van der Waals surface area contributed by atoms with Crippen molar-refractivity contribution in [2.24, 2.45) is 5.73 Å². The lowest BCUT2D eigenvalue weighted by atomic mass is 9.80. The van der Waals surface area contributed by atoms with E-state index in [1.54, 1.807) is 4.90 Å². The van der Waals surface area contributed by atoms with Gasteiger partial charge < -0.3 is 26.0 Å². The van der Waals surface area contributed by atoms with Gasteiger partial charge in [0.1, 0.15) is 5.60 Å². The van der Waals surface area contributed by atoms with Crippen molar-refractivity contribution >= 4 is 11.9 Å². The predicted molar refractivity (Wildman–Crippen MR) is 86.6 cm³/mol. The normalized spacial score (nSPS) is 24.5. The van der Waals surface area contributed by atoms with Crippen LogP contribution in [0.1, 0.15) is 12.0 Å². The van der Waals surface area contributed by atoms with Crippen LogP contribution in [0.2, 0.25) is 0 Å². The summed E-state index contributed by atoms with van der Waals surface area (Å²) >= 11 is 0. The Morgan fingerprint density at radius 2 is 2.04 bits per heavy atom. The van der Waals surface area contributed by atoms with Gasteiger partial charge in [0.15, 0.2) is 0 Å². The number of likely N-dealkylation sites (N-methyl/N-ethyl adjacent to an activating group) is 1. The lowest BCUT2D eigenvalue weighted by molar-refractivity contribution is -0.140. The Hall–Kier alpha value is -2.12. The molecular formula is C16H24N4O3. The van der Waals surface area contributed by atoms with E-state index in [0.717, 1.165) is 5.56 Å². The second-order valence-corrected chi connectivity index (χ2v) is 6.08. The van der Waals surface area contributed by atoms with Crippen LogP contribution in [-0.2, 0) is 10.4 Å². The van der Waals surface area contributed by atoms with Gasteiger partial charge in [-0.05, 0) is 26.1 Å². The Morgan fingerprint density at radius 3 is 2.61 bits per heavy atom. The zero-order valence-electron chi connectivity index (χ0n) is 13.5. The number of urea groups is 1. The number of aliphatic hydroxyl groups is 1. The minimum Gasteiger partial charge on any atom is -0.383 e. The molecule has 3 amide bonds.